The number of piperazine rings is 1. The topological polar surface area (TPSA) is 111 Å². The van der Waals surface area contributed by atoms with E-state index in [1.165, 1.54) is 8.61 Å². The molecule has 178 valence electrons. The molecule has 10 nitrogen and oxygen atoms in total. The van der Waals surface area contributed by atoms with Crippen molar-refractivity contribution in [1.29, 1.82) is 0 Å². The van der Waals surface area contributed by atoms with Gasteiger partial charge in [0, 0.05) is 45.8 Å². The highest BCUT2D eigenvalue weighted by molar-refractivity contribution is 7.86. The van der Waals surface area contributed by atoms with Gasteiger partial charge in [0.1, 0.15) is 0 Å². The molecule has 2 aliphatic rings. The minimum absolute atomic E-state index is 0.147. The molecule has 3 unspecified atom stereocenters. The smallest absolute Gasteiger partial charge is 0.321 e. The van der Waals surface area contributed by atoms with Gasteiger partial charge in [-0.05, 0) is 26.3 Å². The summed E-state index contributed by atoms with van der Waals surface area (Å²) in [5, 5.41) is 5.03. The normalized spacial score (nSPS) is 24.6. The second-order valence-corrected chi connectivity index (χ2v) is 10.3. The Bertz CT molecular complexity index is 879. The van der Waals surface area contributed by atoms with E-state index in [1.54, 1.807) is 6.92 Å². The fourth-order valence-corrected chi connectivity index (χ4v) is 5.76. The maximum Gasteiger partial charge on any atom is 0.321 e. The van der Waals surface area contributed by atoms with Crippen molar-refractivity contribution in [3.8, 4) is 0 Å². The number of amides is 3. The van der Waals surface area contributed by atoms with Gasteiger partial charge in [-0.1, -0.05) is 30.3 Å². The summed E-state index contributed by atoms with van der Waals surface area (Å²) in [5.41, 5.74) is 0.935. The van der Waals surface area contributed by atoms with Gasteiger partial charge in [-0.15, -0.1) is 0 Å². The van der Waals surface area contributed by atoms with E-state index in [0.717, 1.165) is 5.56 Å². The standard InChI is InChI=1S/C21H33N5O5S/c1-16-14-26(15-17(2)31-16)32(29,30)25-11-9-24(10-12-25)18(3)20(27)23-21(28)22-13-19-7-5-4-6-8-19/h4-8,16-18H,9-15H2,1-3H3,(H2,22,23,27,28). The van der Waals surface area contributed by atoms with Crippen molar-refractivity contribution in [3.05, 3.63) is 35.9 Å². The number of carbonyl (C=O) groups is 2. The highest BCUT2D eigenvalue weighted by atomic mass is 32.2. The average Bonchev–Trinajstić information content (AvgIpc) is 2.77. The van der Waals surface area contributed by atoms with E-state index in [1.807, 2.05) is 49.1 Å². The van der Waals surface area contributed by atoms with E-state index >= 15 is 0 Å². The van der Waals surface area contributed by atoms with Crippen LogP contribution in [0, 0.1) is 0 Å². The molecule has 0 spiro atoms. The first-order valence-corrected chi connectivity index (χ1v) is 12.3. The molecular formula is C21H33N5O5S. The van der Waals surface area contributed by atoms with Crippen LogP contribution in [0.25, 0.3) is 0 Å². The van der Waals surface area contributed by atoms with E-state index < -0.39 is 28.2 Å². The number of morpholine rings is 1. The number of benzene rings is 1. The van der Waals surface area contributed by atoms with Crippen molar-refractivity contribution in [2.24, 2.45) is 0 Å². The number of rotatable bonds is 6. The lowest BCUT2D eigenvalue weighted by molar-refractivity contribution is -0.125. The first-order chi connectivity index (χ1) is 15.2. The maximum atomic E-state index is 13.0. The Morgan fingerprint density at radius 1 is 1.03 bits per heavy atom. The number of carbonyl (C=O) groups excluding carboxylic acids is 2. The zero-order chi connectivity index (χ0) is 23.3. The van der Waals surface area contributed by atoms with Gasteiger partial charge in [0.25, 0.3) is 10.2 Å². The van der Waals surface area contributed by atoms with Crippen molar-refractivity contribution in [3.63, 3.8) is 0 Å². The summed E-state index contributed by atoms with van der Waals surface area (Å²) < 4.78 is 34.6. The van der Waals surface area contributed by atoms with Crippen LogP contribution < -0.4 is 10.6 Å². The molecule has 1 aromatic rings. The van der Waals surface area contributed by atoms with Gasteiger partial charge < -0.3 is 10.1 Å². The molecular weight excluding hydrogens is 434 g/mol. The van der Waals surface area contributed by atoms with Gasteiger partial charge in [0.2, 0.25) is 5.91 Å². The van der Waals surface area contributed by atoms with Gasteiger partial charge in [0.15, 0.2) is 0 Å². The summed E-state index contributed by atoms with van der Waals surface area (Å²) in [6.45, 7) is 7.86. The lowest BCUT2D eigenvalue weighted by atomic mass is 10.2. The van der Waals surface area contributed by atoms with E-state index in [2.05, 4.69) is 10.6 Å². The molecule has 0 saturated carbocycles. The number of urea groups is 1. The summed E-state index contributed by atoms with van der Waals surface area (Å²) in [6.07, 6.45) is -0.293. The SMILES string of the molecule is CC1CN(S(=O)(=O)N2CCN(C(C)C(=O)NC(=O)NCc3ccccc3)CC2)CC(C)O1. The van der Waals surface area contributed by atoms with Crippen molar-refractivity contribution < 1.29 is 22.7 Å². The summed E-state index contributed by atoms with van der Waals surface area (Å²) >= 11 is 0. The summed E-state index contributed by atoms with van der Waals surface area (Å²) in [5.74, 6) is -0.414. The van der Waals surface area contributed by atoms with Gasteiger partial charge in [-0.2, -0.15) is 17.0 Å². The van der Waals surface area contributed by atoms with Crippen LogP contribution in [-0.2, 0) is 26.3 Å². The number of nitrogens with one attached hydrogen (secondary N) is 2. The van der Waals surface area contributed by atoms with E-state index in [4.69, 9.17) is 4.74 Å². The molecule has 3 rings (SSSR count). The van der Waals surface area contributed by atoms with Crippen LogP contribution in [0.15, 0.2) is 30.3 Å². The van der Waals surface area contributed by atoms with E-state index in [9.17, 15) is 18.0 Å². The second-order valence-electron chi connectivity index (χ2n) is 8.35. The Kier molecular flexibility index (Phi) is 8.23. The predicted octanol–water partition coefficient (Wildman–Crippen LogP) is 0.373. The Hall–Kier alpha value is -2.05. The maximum absolute atomic E-state index is 13.0. The fraction of sp³-hybridized carbons (Fsp3) is 0.619. The molecule has 2 saturated heterocycles. The van der Waals surface area contributed by atoms with Crippen LogP contribution in [0.5, 0.6) is 0 Å². The van der Waals surface area contributed by atoms with Crippen molar-refractivity contribution in [1.82, 2.24) is 24.1 Å². The molecule has 0 bridgehead atoms. The largest absolute Gasteiger partial charge is 0.373 e. The minimum Gasteiger partial charge on any atom is -0.373 e. The van der Waals surface area contributed by atoms with Crippen LogP contribution >= 0.6 is 0 Å². The molecule has 2 aliphatic heterocycles. The summed E-state index contributed by atoms with van der Waals surface area (Å²) in [4.78, 5) is 26.4. The quantitative estimate of drug-likeness (QED) is 0.626. The van der Waals surface area contributed by atoms with Gasteiger partial charge >= 0.3 is 6.03 Å². The zero-order valence-electron chi connectivity index (χ0n) is 18.9. The Morgan fingerprint density at radius 2 is 1.62 bits per heavy atom. The average molecular weight is 468 g/mol. The lowest BCUT2D eigenvalue weighted by Gasteiger charge is -2.41. The molecule has 3 amide bonds. The first-order valence-electron chi connectivity index (χ1n) is 10.9. The monoisotopic (exact) mass is 467 g/mol. The summed E-state index contributed by atoms with van der Waals surface area (Å²) in [7, 11) is -3.58. The van der Waals surface area contributed by atoms with Crippen molar-refractivity contribution in [2.45, 2.75) is 45.6 Å². The van der Waals surface area contributed by atoms with Crippen LogP contribution in [0.2, 0.25) is 0 Å². The fourth-order valence-electron chi connectivity index (χ4n) is 4.01. The Balaban J connectivity index is 1.46. The molecule has 0 aliphatic carbocycles. The second kappa shape index (κ2) is 10.7. The third kappa shape index (κ3) is 6.26. The first kappa shape index (κ1) is 24.6. The highest BCUT2D eigenvalue weighted by Crippen LogP contribution is 2.19. The number of ether oxygens (including phenoxy) is 1. The van der Waals surface area contributed by atoms with E-state index in [-0.39, 0.29) is 12.2 Å². The number of nitrogens with zero attached hydrogens (tertiary/aromatic N) is 3. The predicted molar refractivity (Wildman–Crippen MR) is 120 cm³/mol. The van der Waals surface area contributed by atoms with Gasteiger partial charge in [0.05, 0.1) is 18.2 Å². The molecule has 3 atom stereocenters. The van der Waals surface area contributed by atoms with Gasteiger partial charge in [-0.25, -0.2) is 4.79 Å². The lowest BCUT2D eigenvalue weighted by Crippen LogP contribution is -2.59. The molecule has 11 heteroatoms. The van der Waals surface area contributed by atoms with Crippen LogP contribution in [-0.4, -0.2) is 91.4 Å². The third-order valence-corrected chi connectivity index (χ3v) is 7.74. The molecule has 1 aromatic carbocycles. The number of hydrogen-bond donors (Lipinski definition) is 2. The molecule has 2 N–H and O–H groups in total. The number of imide groups is 1. The van der Waals surface area contributed by atoms with Crippen molar-refractivity contribution >= 4 is 22.1 Å². The van der Waals surface area contributed by atoms with Gasteiger partial charge in [-0.3, -0.25) is 15.0 Å². The van der Waals surface area contributed by atoms with Crippen LogP contribution in [0.4, 0.5) is 4.79 Å². The van der Waals surface area contributed by atoms with Crippen LogP contribution in [0.1, 0.15) is 26.3 Å². The number of hydrogen-bond acceptors (Lipinski definition) is 6. The molecule has 2 fully saturated rings. The molecule has 32 heavy (non-hydrogen) atoms. The molecule has 0 radical (unpaired) electrons. The van der Waals surface area contributed by atoms with Crippen molar-refractivity contribution in [2.75, 3.05) is 39.3 Å². The molecule has 2 heterocycles. The molecule has 0 aromatic heterocycles. The Labute approximate surface area is 190 Å². The minimum atomic E-state index is -3.58. The zero-order valence-corrected chi connectivity index (χ0v) is 19.7. The summed E-state index contributed by atoms with van der Waals surface area (Å²) in [6, 6.07) is 8.31. The van der Waals surface area contributed by atoms with E-state index in [0.29, 0.717) is 45.8 Å². The highest BCUT2D eigenvalue weighted by Gasteiger charge is 2.37. The Morgan fingerprint density at radius 3 is 2.22 bits per heavy atom. The third-order valence-electron chi connectivity index (χ3n) is 5.77. The van der Waals surface area contributed by atoms with Crippen LogP contribution in [0.3, 0.4) is 0 Å².